The summed E-state index contributed by atoms with van der Waals surface area (Å²) in [5.74, 6) is 0. The molecule has 2 aromatic rings. The first-order valence-electron chi connectivity index (χ1n) is 6.07. The van der Waals surface area contributed by atoms with Crippen LogP contribution >= 0.6 is 15.9 Å². The maximum atomic E-state index is 4.63. The Morgan fingerprint density at radius 1 is 1.22 bits per heavy atom. The highest BCUT2D eigenvalue weighted by atomic mass is 79.9. The quantitative estimate of drug-likeness (QED) is 0.941. The van der Waals surface area contributed by atoms with Crippen molar-refractivity contribution >= 4 is 15.9 Å². The summed E-state index contributed by atoms with van der Waals surface area (Å²) in [5, 5.41) is 7.77. The van der Waals surface area contributed by atoms with Gasteiger partial charge in [-0.1, -0.05) is 6.07 Å². The van der Waals surface area contributed by atoms with Crippen LogP contribution in [0.25, 0.3) is 5.69 Å². The SMILES string of the molecule is CNCCc1nn(-c2cc(C)cc(C)c2)cc1Br. The van der Waals surface area contributed by atoms with E-state index in [0.29, 0.717) is 0 Å². The van der Waals surface area contributed by atoms with E-state index in [1.165, 1.54) is 11.1 Å². The molecule has 96 valence electrons. The van der Waals surface area contributed by atoms with Crippen LogP contribution in [-0.2, 0) is 6.42 Å². The molecule has 0 unspecified atom stereocenters. The summed E-state index contributed by atoms with van der Waals surface area (Å²) in [6.45, 7) is 5.15. The number of aromatic nitrogens is 2. The van der Waals surface area contributed by atoms with Crippen molar-refractivity contribution in [1.29, 1.82) is 0 Å². The number of benzene rings is 1. The number of hydrogen-bond acceptors (Lipinski definition) is 2. The van der Waals surface area contributed by atoms with Gasteiger partial charge in [0.05, 0.1) is 15.9 Å². The molecule has 0 aliphatic carbocycles. The van der Waals surface area contributed by atoms with Crippen molar-refractivity contribution in [1.82, 2.24) is 15.1 Å². The number of rotatable bonds is 4. The standard InChI is InChI=1S/C14H18BrN3/c1-10-6-11(2)8-12(7-10)18-9-13(15)14(17-18)4-5-16-3/h6-9,16H,4-5H2,1-3H3. The van der Waals surface area contributed by atoms with Crippen molar-refractivity contribution < 1.29 is 0 Å². The molecule has 0 bridgehead atoms. The third kappa shape index (κ3) is 3.00. The molecular weight excluding hydrogens is 290 g/mol. The Labute approximate surface area is 116 Å². The summed E-state index contributed by atoms with van der Waals surface area (Å²) in [6.07, 6.45) is 2.95. The molecule has 3 nitrogen and oxygen atoms in total. The highest BCUT2D eigenvalue weighted by molar-refractivity contribution is 9.10. The molecule has 0 atom stereocenters. The summed E-state index contributed by atoms with van der Waals surface area (Å²) >= 11 is 3.57. The van der Waals surface area contributed by atoms with Crippen molar-refractivity contribution in [3.8, 4) is 5.69 Å². The van der Waals surface area contributed by atoms with Crippen LogP contribution in [-0.4, -0.2) is 23.4 Å². The molecule has 1 N–H and O–H groups in total. The highest BCUT2D eigenvalue weighted by Crippen LogP contribution is 2.20. The minimum Gasteiger partial charge on any atom is -0.319 e. The van der Waals surface area contributed by atoms with E-state index in [9.17, 15) is 0 Å². The zero-order valence-electron chi connectivity index (χ0n) is 11.0. The first-order chi connectivity index (χ1) is 8.60. The molecule has 1 heterocycles. The van der Waals surface area contributed by atoms with Crippen LogP contribution in [0, 0.1) is 13.8 Å². The summed E-state index contributed by atoms with van der Waals surface area (Å²) in [6, 6.07) is 6.46. The second kappa shape index (κ2) is 5.67. The third-order valence-electron chi connectivity index (χ3n) is 2.82. The Kier molecular flexibility index (Phi) is 4.19. The van der Waals surface area contributed by atoms with E-state index in [1.54, 1.807) is 0 Å². The molecule has 0 saturated carbocycles. The zero-order chi connectivity index (χ0) is 13.1. The van der Waals surface area contributed by atoms with Gasteiger partial charge >= 0.3 is 0 Å². The fraction of sp³-hybridized carbons (Fsp3) is 0.357. The Hall–Kier alpha value is -1.13. The fourth-order valence-electron chi connectivity index (χ4n) is 2.02. The van der Waals surface area contributed by atoms with Gasteiger partial charge < -0.3 is 5.32 Å². The minimum atomic E-state index is 0.925. The zero-order valence-corrected chi connectivity index (χ0v) is 12.6. The Balaban J connectivity index is 2.33. The number of aryl methyl sites for hydroxylation is 2. The predicted molar refractivity (Wildman–Crippen MR) is 78.4 cm³/mol. The number of nitrogens with one attached hydrogen (secondary N) is 1. The van der Waals surface area contributed by atoms with E-state index < -0.39 is 0 Å². The van der Waals surface area contributed by atoms with Crippen LogP contribution in [0.3, 0.4) is 0 Å². The lowest BCUT2D eigenvalue weighted by Gasteiger charge is -2.04. The van der Waals surface area contributed by atoms with Crippen molar-refractivity contribution in [3.63, 3.8) is 0 Å². The first-order valence-corrected chi connectivity index (χ1v) is 6.87. The number of likely N-dealkylation sites (N-methyl/N-ethyl adjacent to an activating group) is 1. The molecule has 0 fully saturated rings. The molecule has 18 heavy (non-hydrogen) atoms. The maximum absolute atomic E-state index is 4.63. The minimum absolute atomic E-state index is 0.925. The smallest absolute Gasteiger partial charge is 0.0783 e. The number of nitrogens with zero attached hydrogens (tertiary/aromatic N) is 2. The Morgan fingerprint density at radius 3 is 2.50 bits per heavy atom. The van der Waals surface area contributed by atoms with E-state index in [4.69, 9.17) is 0 Å². The molecule has 0 amide bonds. The summed E-state index contributed by atoms with van der Waals surface area (Å²) < 4.78 is 3.01. The molecule has 0 saturated heterocycles. The average molecular weight is 308 g/mol. The van der Waals surface area contributed by atoms with Crippen LogP contribution in [0.2, 0.25) is 0 Å². The van der Waals surface area contributed by atoms with Gasteiger partial charge in [-0.15, -0.1) is 0 Å². The van der Waals surface area contributed by atoms with Gasteiger partial charge in [0.2, 0.25) is 0 Å². The lowest BCUT2D eigenvalue weighted by Crippen LogP contribution is -2.11. The third-order valence-corrected chi connectivity index (χ3v) is 3.48. The maximum Gasteiger partial charge on any atom is 0.0783 e. The monoisotopic (exact) mass is 307 g/mol. The van der Waals surface area contributed by atoms with E-state index >= 15 is 0 Å². The second-order valence-corrected chi connectivity index (χ2v) is 5.42. The molecule has 0 radical (unpaired) electrons. The lowest BCUT2D eigenvalue weighted by atomic mass is 10.1. The molecular formula is C14H18BrN3. The molecule has 1 aromatic carbocycles. The summed E-state index contributed by atoms with van der Waals surface area (Å²) in [5.41, 5.74) is 4.72. The first kappa shape index (κ1) is 13.3. The average Bonchev–Trinajstić information content (AvgIpc) is 2.67. The van der Waals surface area contributed by atoms with Crippen molar-refractivity contribution in [2.75, 3.05) is 13.6 Å². The van der Waals surface area contributed by atoms with Gasteiger partial charge in [-0.2, -0.15) is 5.10 Å². The largest absolute Gasteiger partial charge is 0.319 e. The van der Waals surface area contributed by atoms with Crippen molar-refractivity contribution in [2.45, 2.75) is 20.3 Å². The van der Waals surface area contributed by atoms with Gasteiger partial charge in [0.1, 0.15) is 0 Å². The van der Waals surface area contributed by atoms with Crippen LogP contribution in [0.4, 0.5) is 0 Å². The van der Waals surface area contributed by atoms with Gasteiger partial charge in [0, 0.05) is 19.2 Å². The van der Waals surface area contributed by atoms with Gasteiger partial charge in [-0.25, -0.2) is 4.68 Å². The normalized spacial score (nSPS) is 10.9. The molecule has 2 rings (SSSR count). The molecule has 0 aliphatic rings. The predicted octanol–water partition coefficient (Wildman–Crippen LogP) is 3.01. The van der Waals surface area contributed by atoms with Gasteiger partial charge in [0.15, 0.2) is 0 Å². The van der Waals surface area contributed by atoms with Crippen molar-refractivity contribution in [2.24, 2.45) is 0 Å². The van der Waals surface area contributed by atoms with Crippen LogP contribution in [0.5, 0.6) is 0 Å². The van der Waals surface area contributed by atoms with E-state index in [1.807, 2.05) is 17.9 Å². The Morgan fingerprint density at radius 2 is 1.89 bits per heavy atom. The van der Waals surface area contributed by atoms with E-state index in [0.717, 1.165) is 28.8 Å². The highest BCUT2D eigenvalue weighted by Gasteiger charge is 2.07. The molecule has 0 aliphatic heterocycles. The van der Waals surface area contributed by atoms with Crippen LogP contribution in [0.1, 0.15) is 16.8 Å². The van der Waals surface area contributed by atoms with E-state index in [-0.39, 0.29) is 0 Å². The molecule has 4 heteroatoms. The topological polar surface area (TPSA) is 29.9 Å². The second-order valence-electron chi connectivity index (χ2n) is 4.57. The lowest BCUT2D eigenvalue weighted by molar-refractivity contribution is 0.753. The summed E-state index contributed by atoms with van der Waals surface area (Å²) in [7, 11) is 1.95. The van der Waals surface area contributed by atoms with Crippen LogP contribution < -0.4 is 5.32 Å². The Bertz CT molecular complexity index is 526. The fourth-order valence-corrected chi connectivity index (χ4v) is 2.49. The van der Waals surface area contributed by atoms with Crippen molar-refractivity contribution in [3.05, 3.63) is 45.7 Å². The van der Waals surface area contributed by atoms with E-state index in [2.05, 4.69) is 58.4 Å². The molecule has 1 aromatic heterocycles. The molecule has 0 spiro atoms. The number of hydrogen-bond donors (Lipinski definition) is 1. The van der Waals surface area contributed by atoms with Crippen LogP contribution in [0.15, 0.2) is 28.9 Å². The van der Waals surface area contributed by atoms with Gasteiger partial charge in [-0.05, 0) is 60.1 Å². The number of halogens is 1. The summed E-state index contributed by atoms with van der Waals surface area (Å²) in [4.78, 5) is 0. The van der Waals surface area contributed by atoms with Gasteiger partial charge in [0.25, 0.3) is 0 Å². The van der Waals surface area contributed by atoms with Gasteiger partial charge in [-0.3, -0.25) is 0 Å².